The molecule has 2 N–H and O–H groups in total. The van der Waals surface area contributed by atoms with Gasteiger partial charge < -0.3 is 20.1 Å². The van der Waals surface area contributed by atoms with Crippen molar-refractivity contribution in [1.29, 1.82) is 0 Å². The quantitative estimate of drug-likeness (QED) is 0.817. The standard InChI is InChI=1S/C13H18N2O3/c1-2-18-12-4-3-10(9-11(12)14)13(16)15-5-7-17-8-6-15/h3-4,9H,2,5-8,14H2,1H3. The number of nitrogen functional groups attached to an aromatic ring is 1. The van der Waals surface area contributed by atoms with Crippen molar-refractivity contribution in [2.45, 2.75) is 6.92 Å². The first-order chi connectivity index (χ1) is 8.72. The van der Waals surface area contributed by atoms with Crippen LogP contribution in [0.3, 0.4) is 0 Å². The van der Waals surface area contributed by atoms with Crippen LogP contribution in [0, 0.1) is 0 Å². The molecule has 1 aromatic rings. The Hall–Kier alpha value is -1.75. The monoisotopic (exact) mass is 250 g/mol. The van der Waals surface area contributed by atoms with E-state index in [1.807, 2.05) is 6.92 Å². The van der Waals surface area contributed by atoms with Crippen LogP contribution in [0.1, 0.15) is 17.3 Å². The molecule has 2 rings (SSSR count). The number of ether oxygens (including phenoxy) is 2. The zero-order valence-corrected chi connectivity index (χ0v) is 10.5. The minimum atomic E-state index is -0.00644. The van der Waals surface area contributed by atoms with Gasteiger partial charge in [0.05, 0.1) is 25.5 Å². The third-order valence-corrected chi connectivity index (χ3v) is 2.85. The molecule has 1 aliphatic rings. The summed E-state index contributed by atoms with van der Waals surface area (Å²) in [5.74, 6) is 0.615. The average molecular weight is 250 g/mol. The van der Waals surface area contributed by atoms with Crippen LogP contribution in [0.2, 0.25) is 0 Å². The van der Waals surface area contributed by atoms with Gasteiger partial charge in [-0.25, -0.2) is 0 Å². The van der Waals surface area contributed by atoms with Crippen LogP contribution >= 0.6 is 0 Å². The highest BCUT2D eigenvalue weighted by Crippen LogP contribution is 2.23. The van der Waals surface area contributed by atoms with Crippen molar-refractivity contribution >= 4 is 11.6 Å². The molecule has 0 radical (unpaired) electrons. The Morgan fingerprint density at radius 1 is 1.44 bits per heavy atom. The second-order valence-corrected chi connectivity index (χ2v) is 4.09. The van der Waals surface area contributed by atoms with E-state index in [0.29, 0.717) is 49.9 Å². The first-order valence-electron chi connectivity index (χ1n) is 6.11. The van der Waals surface area contributed by atoms with Gasteiger partial charge in [0, 0.05) is 18.7 Å². The molecule has 1 heterocycles. The number of hydrogen-bond acceptors (Lipinski definition) is 4. The molecule has 1 fully saturated rings. The maximum atomic E-state index is 12.2. The van der Waals surface area contributed by atoms with Gasteiger partial charge in [0.2, 0.25) is 0 Å². The minimum Gasteiger partial charge on any atom is -0.492 e. The number of morpholine rings is 1. The Bertz CT molecular complexity index is 428. The lowest BCUT2D eigenvalue weighted by atomic mass is 10.1. The lowest BCUT2D eigenvalue weighted by molar-refractivity contribution is 0.0303. The van der Waals surface area contributed by atoms with Gasteiger partial charge in [0.25, 0.3) is 5.91 Å². The maximum Gasteiger partial charge on any atom is 0.254 e. The maximum absolute atomic E-state index is 12.2. The molecule has 18 heavy (non-hydrogen) atoms. The molecule has 1 saturated heterocycles. The van der Waals surface area contributed by atoms with Crippen molar-refractivity contribution in [3.63, 3.8) is 0 Å². The number of rotatable bonds is 3. The van der Waals surface area contributed by atoms with E-state index < -0.39 is 0 Å². The Morgan fingerprint density at radius 2 is 2.17 bits per heavy atom. The fraction of sp³-hybridized carbons (Fsp3) is 0.462. The zero-order chi connectivity index (χ0) is 13.0. The summed E-state index contributed by atoms with van der Waals surface area (Å²) in [6.45, 7) is 4.90. The first kappa shape index (κ1) is 12.7. The van der Waals surface area contributed by atoms with Gasteiger partial charge >= 0.3 is 0 Å². The Balaban J connectivity index is 2.12. The number of benzene rings is 1. The van der Waals surface area contributed by atoms with Crippen LogP contribution < -0.4 is 10.5 Å². The van der Waals surface area contributed by atoms with Gasteiger partial charge in [-0.2, -0.15) is 0 Å². The minimum absolute atomic E-state index is 0.00644. The fourth-order valence-corrected chi connectivity index (χ4v) is 1.92. The summed E-state index contributed by atoms with van der Waals surface area (Å²) < 4.78 is 10.6. The van der Waals surface area contributed by atoms with Crippen LogP contribution in [0.4, 0.5) is 5.69 Å². The summed E-state index contributed by atoms with van der Waals surface area (Å²) in [7, 11) is 0. The lowest BCUT2D eigenvalue weighted by Gasteiger charge is -2.27. The second kappa shape index (κ2) is 5.73. The smallest absolute Gasteiger partial charge is 0.254 e. The normalized spacial score (nSPS) is 15.5. The largest absolute Gasteiger partial charge is 0.492 e. The Labute approximate surface area is 106 Å². The summed E-state index contributed by atoms with van der Waals surface area (Å²) in [6.07, 6.45) is 0. The summed E-state index contributed by atoms with van der Waals surface area (Å²) >= 11 is 0. The van der Waals surface area contributed by atoms with Gasteiger partial charge in [0.15, 0.2) is 0 Å². The molecule has 1 amide bonds. The topological polar surface area (TPSA) is 64.8 Å². The van der Waals surface area contributed by atoms with Gasteiger partial charge in [-0.05, 0) is 25.1 Å². The van der Waals surface area contributed by atoms with E-state index in [9.17, 15) is 4.79 Å². The lowest BCUT2D eigenvalue weighted by Crippen LogP contribution is -2.40. The number of carbonyl (C=O) groups excluding carboxylic acids is 1. The molecule has 1 aliphatic heterocycles. The Morgan fingerprint density at radius 3 is 2.78 bits per heavy atom. The number of nitrogens with two attached hydrogens (primary N) is 1. The van der Waals surface area contributed by atoms with Crippen LogP contribution in [0.5, 0.6) is 5.75 Å². The molecule has 0 aromatic heterocycles. The molecule has 0 saturated carbocycles. The van der Waals surface area contributed by atoms with E-state index >= 15 is 0 Å². The molecule has 0 atom stereocenters. The van der Waals surface area contributed by atoms with Crippen molar-refractivity contribution in [3.05, 3.63) is 23.8 Å². The van der Waals surface area contributed by atoms with Gasteiger partial charge in [0.1, 0.15) is 5.75 Å². The van der Waals surface area contributed by atoms with E-state index in [1.54, 1.807) is 23.1 Å². The average Bonchev–Trinajstić information content (AvgIpc) is 2.41. The molecule has 0 unspecified atom stereocenters. The number of amides is 1. The van der Waals surface area contributed by atoms with Crippen LogP contribution in [-0.2, 0) is 4.74 Å². The zero-order valence-electron chi connectivity index (χ0n) is 10.5. The third-order valence-electron chi connectivity index (χ3n) is 2.85. The summed E-state index contributed by atoms with van der Waals surface area (Å²) in [5, 5.41) is 0. The van der Waals surface area contributed by atoms with Crippen LogP contribution in [-0.4, -0.2) is 43.7 Å². The van der Waals surface area contributed by atoms with Crippen molar-refractivity contribution in [2.24, 2.45) is 0 Å². The molecule has 0 bridgehead atoms. The number of anilines is 1. The predicted octanol–water partition coefficient (Wildman–Crippen LogP) is 1.14. The van der Waals surface area contributed by atoms with Crippen molar-refractivity contribution in [1.82, 2.24) is 4.90 Å². The van der Waals surface area contributed by atoms with Gasteiger partial charge in [-0.3, -0.25) is 4.79 Å². The highest BCUT2D eigenvalue weighted by Gasteiger charge is 2.19. The second-order valence-electron chi connectivity index (χ2n) is 4.09. The third kappa shape index (κ3) is 2.73. The molecule has 0 spiro atoms. The van der Waals surface area contributed by atoms with E-state index in [1.165, 1.54) is 0 Å². The molecular weight excluding hydrogens is 232 g/mol. The number of carbonyl (C=O) groups is 1. The fourth-order valence-electron chi connectivity index (χ4n) is 1.92. The van der Waals surface area contributed by atoms with Gasteiger partial charge in [-0.1, -0.05) is 0 Å². The summed E-state index contributed by atoms with van der Waals surface area (Å²) in [6, 6.07) is 5.16. The highest BCUT2D eigenvalue weighted by atomic mass is 16.5. The molecule has 0 aliphatic carbocycles. The molecular formula is C13H18N2O3. The van der Waals surface area contributed by atoms with E-state index in [-0.39, 0.29) is 5.91 Å². The number of hydrogen-bond donors (Lipinski definition) is 1. The molecule has 5 heteroatoms. The van der Waals surface area contributed by atoms with E-state index in [0.717, 1.165) is 0 Å². The first-order valence-corrected chi connectivity index (χ1v) is 6.11. The highest BCUT2D eigenvalue weighted by molar-refractivity contribution is 5.95. The van der Waals surface area contributed by atoms with E-state index in [2.05, 4.69) is 0 Å². The predicted molar refractivity (Wildman–Crippen MR) is 68.7 cm³/mol. The summed E-state index contributed by atoms with van der Waals surface area (Å²) in [4.78, 5) is 14.0. The number of nitrogens with zero attached hydrogens (tertiary/aromatic N) is 1. The van der Waals surface area contributed by atoms with Crippen molar-refractivity contribution in [3.8, 4) is 5.75 Å². The molecule has 5 nitrogen and oxygen atoms in total. The molecule has 1 aromatic carbocycles. The van der Waals surface area contributed by atoms with Crippen molar-refractivity contribution < 1.29 is 14.3 Å². The van der Waals surface area contributed by atoms with Gasteiger partial charge in [-0.15, -0.1) is 0 Å². The van der Waals surface area contributed by atoms with Crippen LogP contribution in [0.15, 0.2) is 18.2 Å². The SMILES string of the molecule is CCOc1ccc(C(=O)N2CCOCC2)cc1N. The molecule has 98 valence electrons. The van der Waals surface area contributed by atoms with Crippen molar-refractivity contribution in [2.75, 3.05) is 38.6 Å². The Kier molecular flexibility index (Phi) is 4.04. The van der Waals surface area contributed by atoms with E-state index in [4.69, 9.17) is 15.2 Å². The summed E-state index contributed by atoms with van der Waals surface area (Å²) in [5.41, 5.74) is 6.95. The van der Waals surface area contributed by atoms with Crippen LogP contribution in [0.25, 0.3) is 0 Å².